The topological polar surface area (TPSA) is 41.6 Å². The van der Waals surface area contributed by atoms with Crippen LogP contribution < -0.4 is 10.2 Å². The third kappa shape index (κ3) is 3.56. The number of esters is 1. The molecule has 0 aromatic heterocycles. The van der Waals surface area contributed by atoms with Crippen LogP contribution in [-0.4, -0.2) is 38.8 Å². The molecule has 0 bridgehead atoms. The van der Waals surface area contributed by atoms with Gasteiger partial charge in [-0.05, 0) is 51.3 Å². The van der Waals surface area contributed by atoms with Crippen LogP contribution in [0.25, 0.3) is 0 Å². The lowest BCUT2D eigenvalue weighted by Gasteiger charge is -2.26. The lowest BCUT2D eigenvalue weighted by molar-refractivity contribution is -0.148. The van der Waals surface area contributed by atoms with Crippen LogP contribution in [0, 0.1) is 0 Å². The first kappa shape index (κ1) is 15.8. The Kier molecular flexibility index (Phi) is 5.23. The van der Waals surface area contributed by atoms with E-state index in [0.717, 1.165) is 38.8 Å². The fraction of sp³-hybridized carbons (Fsp3) is 0.588. The summed E-state index contributed by atoms with van der Waals surface area (Å²) in [6.45, 7) is 4.07. The first-order valence-corrected chi connectivity index (χ1v) is 7.71. The van der Waals surface area contributed by atoms with Crippen molar-refractivity contribution in [2.45, 2.75) is 38.1 Å². The van der Waals surface area contributed by atoms with Gasteiger partial charge in [0.15, 0.2) is 0 Å². The standard InChI is InChI=1S/C17H26N2O2/c1-17(18-2,16(20)21-3)11-6-7-12-19-13-10-14-8-4-5-9-15(14)19/h4-5,8-9,18H,6-7,10-13H2,1-3H3. The van der Waals surface area contributed by atoms with Crippen molar-refractivity contribution >= 4 is 11.7 Å². The first-order chi connectivity index (χ1) is 10.1. The molecule has 1 N–H and O–H groups in total. The number of ether oxygens (including phenoxy) is 1. The van der Waals surface area contributed by atoms with Gasteiger partial charge < -0.3 is 15.0 Å². The summed E-state index contributed by atoms with van der Waals surface area (Å²) in [5.41, 5.74) is 2.26. The predicted octanol–water partition coefficient (Wildman–Crippen LogP) is 2.37. The van der Waals surface area contributed by atoms with Crippen molar-refractivity contribution in [3.05, 3.63) is 29.8 Å². The van der Waals surface area contributed by atoms with Crippen molar-refractivity contribution < 1.29 is 9.53 Å². The Bertz CT molecular complexity index is 489. The number of likely N-dealkylation sites (N-methyl/N-ethyl adjacent to an activating group) is 1. The van der Waals surface area contributed by atoms with Crippen LogP contribution in [0.3, 0.4) is 0 Å². The van der Waals surface area contributed by atoms with Crippen molar-refractivity contribution in [3.63, 3.8) is 0 Å². The van der Waals surface area contributed by atoms with Crippen LogP contribution in [0.15, 0.2) is 24.3 Å². The highest BCUT2D eigenvalue weighted by atomic mass is 16.5. The summed E-state index contributed by atoms with van der Waals surface area (Å²) < 4.78 is 4.87. The van der Waals surface area contributed by atoms with Crippen LogP contribution in [0.4, 0.5) is 5.69 Å². The molecule has 4 heteroatoms. The van der Waals surface area contributed by atoms with Crippen LogP contribution in [0.2, 0.25) is 0 Å². The maximum absolute atomic E-state index is 11.8. The zero-order valence-electron chi connectivity index (χ0n) is 13.3. The van der Waals surface area contributed by atoms with Gasteiger partial charge in [-0.1, -0.05) is 18.2 Å². The minimum atomic E-state index is -0.572. The number of methoxy groups -OCH3 is 1. The number of carbonyl (C=O) groups is 1. The maximum Gasteiger partial charge on any atom is 0.325 e. The van der Waals surface area contributed by atoms with Crippen LogP contribution in [0.5, 0.6) is 0 Å². The Morgan fingerprint density at radius 1 is 1.38 bits per heavy atom. The lowest BCUT2D eigenvalue weighted by atomic mass is 9.95. The molecule has 0 saturated heterocycles. The van der Waals surface area contributed by atoms with Crippen molar-refractivity contribution in [1.29, 1.82) is 0 Å². The third-order valence-corrected chi connectivity index (χ3v) is 4.53. The molecule has 1 aromatic carbocycles. The van der Waals surface area contributed by atoms with Gasteiger partial charge in [-0.2, -0.15) is 0 Å². The molecular formula is C17H26N2O2. The summed E-state index contributed by atoms with van der Waals surface area (Å²) >= 11 is 0. The molecule has 4 nitrogen and oxygen atoms in total. The second-order valence-corrected chi connectivity index (χ2v) is 5.90. The number of benzene rings is 1. The zero-order chi connectivity index (χ0) is 15.3. The predicted molar refractivity (Wildman–Crippen MR) is 85.7 cm³/mol. The molecule has 0 aliphatic carbocycles. The molecule has 0 spiro atoms. The molecule has 0 radical (unpaired) electrons. The second kappa shape index (κ2) is 6.94. The molecule has 1 atom stereocenters. The van der Waals surface area contributed by atoms with E-state index in [-0.39, 0.29) is 5.97 Å². The largest absolute Gasteiger partial charge is 0.468 e. The highest BCUT2D eigenvalue weighted by Crippen LogP contribution is 2.27. The Morgan fingerprint density at radius 3 is 2.86 bits per heavy atom. The normalized spacial score (nSPS) is 16.4. The van der Waals surface area contributed by atoms with Gasteiger partial charge in [-0.15, -0.1) is 0 Å². The van der Waals surface area contributed by atoms with E-state index in [0.29, 0.717) is 0 Å². The van der Waals surface area contributed by atoms with Crippen molar-refractivity contribution in [2.24, 2.45) is 0 Å². The number of fused-ring (bicyclic) bond motifs is 1. The van der Waals surface area contributed by atoms with E-state index >= 15 is 0 Å². The molecule has 1 aromatic rings. The highest BCUT2D eigenvalue weighted by molar-refractivity contribution is 5.80. The van der Waals surface area contributed by atoms with Crippen LogP contribution >= 0.6 is 0 Å². The summed E-state index contributed by atoms with van der Waals surface area (Å²) in [5.74, 6) is -0.184. The number of nitrogens with one attached hydrogen (secondary N) is 1. The molecule has 116 valence electrons. The summed E-state index contributed by atoms with van der Waals surface area (Å²) in [4.78, 5) is 14.2. The molecule has 0 saturated carbocycles. The first-order valence-electron chi connectivity index (χ1n) is 7.71. The van der Waals surface area contributed by atoms with E-state index in [1.165, 1.54) is 18.4 Å². The fourth-order valence-corrected chi connectivity index (χ4v) is 2.97. The summed E-state index contributed by atoms with van der Waals surface area (Å²) in [5, 5.41) is 3.09. The number of hydrogen-bond donors (Lipinski definition) is 1. The fourth-order valence-electron chi connectivity index (χ4n) is 2.97. The molecule has 1 aliphatic heterocycles. The van der Waals surface area contributed by atoms with Gasteiger partial charge in [0, 0.05) is 18.8 Å². The van der Waals surface area contributed by atoms with E-state index in [4.69, 9.17) is 4.74 Å². The SMILES string of the molecule is CNC(C)(CCCCN1CCc2ccccc21)C(=O)OC. The maximum atomic E-state index is 11.8. The Labute approximate surface area is 127 Å². The molecule has 0 fully saturated rings. The van der Waals surface area contributed by atoms with E-state index in [2.05, 4.69) is 34.5 Å². The molecular weight excluding hydrogens is 264 g/mol. The lowest BCUT2D eigenvalue weighted by Crippen LogP contribution is -2.48. The van der Waals surface area contributed by atoms with Gasteiger partial charge in [0.25, 0.3) is 0 Å². The number of anilines is 1. The summed E-state index contributed by atoms with van der Waals surface area (Å²) in [6, 6.07) is 8.63. The Morgan fingerprint density at radius 2 is 2.14 bits per heavy atom. The van der Waals surface area contributed by atoms with Gasteiger partial charge in [-0.25, -0.2) is 0 Å². The Hall–Kier alpha value is -1.55. The third-order valence-electron chi connectivity index (χ3n) is 4.53. The van der Waals surface area contributed by atoms with Gasteiger partial charge >= 0.3 is 5.97 Å². The average molecular weight is 290 g/mol. The molecule has 1 unspecified atom stereocenters. The quantitative estimate of drug-likeness (QED) is 0.618. The molecule has 0 amide bonds. The zero-order valence-corrected chi connectivity index (χ0v) is 13.3. The smallest absolute Gasteiger partial charge is 0.325 e. The molecule has 1 heterocycles. The molecule has 2 rings (SSSR count). The second-order valence-electron chi connectivity index (χ2n) is 5.90. The van der Waals surface area contributed by atoms with Crippen LogP contribution in [-0.2, 0) is 16.0 Å². The number of rotatable bonds is 7. The van der Waals surface area contributed by atoms with E-state index < -0.39 is 5.54 Å². The number of carbonyl (C=O) groups excluding carboxylic acids is 1. The minimum absolute atomic E-state index is 0.184. The van der Waals surface area contributed by atoms with Crippen LogP contribution in [0.1, 0.15) is 31.7 Å². The van der Waals surface area contributed by atoms with Crippen molar-refractivity contribution in [3.8, 4) is 0 Å². The van der Waals surface area contributed by atoms with Crippen molar-refractivity contribution in [1.82, 2.24) is 5.32 Å². The Balaban J connectivity index is 1.79. The molecule has 21 heavy (non-hydrogen) atoms. The average Bonchev–Trinajstić information content (AvgIpc) is 2.93. The van der Waals surface area contributed by atoms with Gasteiger partial charge in [-0.3, -0.25) is 4.79 Å². The van der Waals surface area contributed by atoms with Gasteiger partial charge in [0.2, 0.25) is 0 Å². The van der Waals surface area contributed by atoms with E-state index in [9.17, 15) is 4.79 Å². The summed E-state index contributed by atoms with van der Waals surface area (Å²) in [7, 11) is 3.26. The number of hydrogen-bond acceptors (Lipinski definition) is 4. The van der Waals surface area contributed by atoms with E-state index in [1.807, 2.05) is 14.0 Å². The number of unbranched alkanes of at least 4 members (excludes halogenated alkanes) is 1. The van der Waals surface area contributed by atoms with Crippen molar-refractivity contribution in [2.75, 3.05) is 32.1 Å². The number of para-hydroxylation sites is 1. The minimum Gasteiger partial charge on any atom is -0.468 e. The monoisotopic (exact) mass is 290 g/mol. The van der Waals surface area contributed by atoms with Gasteiger partial charge in [0.1, 0.15) is 5.54 Å². The highest BCUT2D eigenvalue weighted by Gasteiger charge is 2.31. The van der Waals surface area contributed by atoms with Gasteiger partial charge in [0.05, 0.1) is 7.11 Å². The molecule has 1 aliphatic rings. The van der Waals surface area contributed by atoms with E-state index in [1.54, 1.807) is 0 Å². The summed E-state index contributed by atoms with van der Waals surface area (Å²) in [6.07, 6.45) is 4.03. The number of nitrogens with zero attached hydrogens (tertiary/aromatic N) is 1.